The molecule has 0 unspecified atom stereocenters. The maximum absolute atomic E-state index is 2.00. The van der Waals surface area contributed by atoms with Gasteiger partial charge in [-0.1, -0.05) is 0 Å². The molecule has 0 spiro atoms. The number of rotatable bonds is 0. The van der Waals surface area contributed by atoms with Crippen LogP contribution in [-0.4, -0.2) is 0 Å². The molecule has 0 aliphatic carbocycles. The monoisotopic (exact) mass is 414 g/mol. The van der Waals surface area contributed by atoms with E-state index in [1.54, 1.807) is 0 Å². The van der Waals surface area contributed by atoms with E-state index in [-0.39, 0.29) is 40.1 Å². The third-order valence-corrected chi connectivity index (χ3v) is 0. The van der Waals surface area contributed by atoms with Gasteiger partial charge in [0.2, 0.25) is 0 Å². The van der Waals surface area contributed by atoms with Gasteiger partial charge in [-0.25, -0.2) is 0 Å². The molecular weight excluding hydrogens is 404 g/mol. The van der Waals surface area contributed by atoms with Crippen molar-refractivity contribution in [2.45, 2.75) is 13.8 Å². The molecule has 6 heavy (non-hydrogen) atoms. The third-order valence-electron chi connectivity index (χ3n) is 0. The summed E-state index contributed by atoms with van der Waals surface area (Å²) in [5.74, 6) is 0. The van der Waals surface area contributed by atoms with Crippen molar-refractivity contribution >= 4 is 0 Å². The Morgan fingerprint density at radius 2 is 1.17 bits per heavy atom. The second-order valence-corrected chi connectivity index (χ2v) is 0.577. The zero-order valence-electron chi connectivity index (χ0n) is 4.86. The smallest absolute Gasteiger partial charge is 0 e. The van der Waals surface area contributed by atoms with Crippen molar-refractivity contribution in [1.82, 2.24) is 0 Å². The molecule has 0 bridgehead atoms. The molecule has 0 atom stereocenters. The minimum absolute atomic E-state index is 0. The molecular formula is C4H10RfY-2. The normalized spacial score (nSPS) is 3.00. The van der Waals surface area contributed by atoms with Gasteiger partial charge in [-0.15, -0.1) is 0 Å². The molecule has 0 aliphatic heterocycles. The third kappa shape index (κ3) is 3660. The first-order valence-corrected chi connectivity index (χ1v) is 1.15. The molecule has 0 aromatic heterocycles. The Labute approximate surface area is 60.2 Å². The molecule has 1 radical (unpaired) electrons. The van der Waals surface area contributed by atoms with E-state index >= 15 is 0 Å². The first-order chi connectivity index (χ1) is 1.41. The summed E-state index contributed by atoms with van der Waals surface area (Å²) in [5.41, 5.74) is 0. The van der Waals surface area contributed by atoms with E-state index in [0.29, 0.717) is 0 Å². The maximum Gasteiger partial charge on any atom is 0 e. The Bertz CT molecular complexity index is 7.51. The van der Waals surface area contributed by atoms with Crippen molar-refractivity contribution in [3.8, 4) is 0 Å². The van der Waals surface area contributed by atoms with Crippen LogP contribution in [0.2, 0.25) is 0 Å². The fourth-order valence-corrected chi connectivity index (χ4v) is 0. The van der Waals surface area contributed by atoms with Crippen LogP contribution in [0.4, 0.5) is 0 Å². The second-order valence-electron chi connectivity index (χ2n) is 0.577. The van der Waals surface area contributed by atoms with Gasteiger partial charge in [0, 0.05) is 32.7 Å². The fraction of sp³-hybridized carbons (Fsp3) is 0.500. The summed E-state index contributed by atoms with van der Waals surface area (Å²) in [4.78, 5) is 0. The van der Waals surface area contributed by atoms with Gasteiger partial charge in [-0.2, -0.15) is 13.8 Å². The maximum atomic E-state index is 2.00. The van der Waals surface area contributed by atoms with Gasteiger partial charge in [-0.05, 0) is 0 Å². The molecule has 33 valence electrons. The van der Waals surface area contributed by atoms with E-state index in [2.05, 4.69) is 0 Å². The van der Waals surface area contributed by atoms with Crippen molar-refractivity contribution in [2.24, 2.45) is 0 Å². The molecule has 2 heteroatoms. The largest absolute Gasteiger partial charge is 0.358 e. The Balaban J connectivity index is -0.00000000667. The topological polar surface area (TPSA) is 0 Å². The quantitative estimate of drug-likeness (QED) is 0.530. The van der Waals surface area contributed by atoms with Crippen LogP contribution in [0.3, 0.4) is 0 Å². The van der Waals surface area contributed by atoms with Gasteiger partial charge in [-0.3, -0.25) is 0 Å². The average Bonchev–Trinajstić information content (AvgIpc) is 0.918. The SMILES string of the molecule is C[CH-]C.[CH3-].[Rf].[Y]. The Morgan fingerprint density at radius 3 is 1.17 bits per heavy atom. The van der Waals surface area contributed by atoms with Crippen LogP contribution in [0.5, 0.6) is 0 Å². The summed E-state index contributed by atoms with van der Waals surface area (Å²) in [6.45, 7) is 4.00. The zero-order chi connectivity index (χ0) is 2.71. The van der Waals surface area contributed by atoms with Crippen LogP contribution in [0, 0.1) is 13.8 Å². The number of hydrogen-bond donors (Lipinski definition) is 0. The average molecular weight is 414 g/mol. The van der Waals surface area contributed by atoms with Crippen LogP contribution in [-0.2, 0) is 32.7 Å². The van der Waals surface area contributed by atoms with Crippen molar-refractivity contribution in [3.63, 3.8) is 0 Å². The van der Waals surface area contributed by atoms with E-state index in [0.717, 1.165) is 0 Å². The number of hydrogen-bond acceptors (Lipinski definition) is 0. The molecule has 0 saturated heterocycles. The van der Waals surface area contributed by atoms with E-state index in [1.165, 1.54) is 0 Å². The Morgan fingerprint density at radius 1 is 1.17 bits per heavy atom. The Hall–Kier alpha value is 0.104. The van der Waals surface area contributed by atoms with E-state index in [9.17, 15) is 0 Å². The van der Waals surface area contributed by atoms with Gasteiger partial charge in [0.05, 0.1) is 0 Å². The van der Waals surface area contributed by atoms with Crippen LogP contribution in [0.15, 0.2) is 0 Å². The van der Waals surface area contributed by atoms with Crippen molar-refractivity contribution in [2.75, 3.05) is 0 Å². The first-order valence-electron chi connectivity index (χ1n) is 1.15. The van der Waals surface area contributed by atoms with Gasteiger partial charge in [0.25, 0.3) is 0 Å². The molecule has 0 aromatic carbocycles. The minimum Gasteiger partial charge on any atom is -0.358 e. The summed E-state index contributed by atoms with van der Waals surface area (Å²) >= 11 is 0. The van der Waals surface area contributed by atoms with Crippen molar-refractivity contribution < 1.29 is 32.7 Å². The molecule has 0 heterocycles. The van der Waals surface area contributed by atoms with Gasteiger partial charge in [0.15, 0.2) is 0 Å². The standard InChI is InChI=1S/C3H7.CH3.Rf.Y/c1-3-2;;;/h3H,1-2H3;1H3;;/q2*-1;;. The minimum atomic E-state index is 0. The molecule has 0 nitrogen and oxygen atoms in total. The van der Waals surface area contributed by atoms with Crippen LogP contribution in [0.1, 0.15) is 13.8 Å². The molecule has 0 rings (SSSR count). The van der Waals surface area contributed by atoms with E-state index in [1.807, 2.05) is 20.3 Å². The Kier molecular flexibility index (Phi) is 422. The predicted octanol–water partition coefficient (Wildman–Crippen LogP) is 1.68. The van der Waals surface area contributed by atoms with Crippen molar-refractivity contribution in [1.29, 1.82) is 0 Å². The molecule has 0 aliphatic rings. The molecule has 0 amide bonds. The summed E-state index contributed by atoms with van der Waals surface area (Å²) < 4.78 is 0. The summed E-state index contributed by atoms with van der Waals surface area (Å²) in [6.07, 6.45) is 2.00. The zero-order valence-corrected chi connectivity index (χ0v) is 14.1. The van der Waals surface area contributed by atoms with Crippen LogP contribution < -0.4 is 0 Å². The van der Waals surface area contributed by atoms with Gasteiger partial charge >= 0.3 is 0 Å². The predicted molar refractivity (Wildman–Crippen MR) is 22.1 cm³/mol. The van der Waals surface area contributed by atoms with E-state index < -0.39 is 0 Å². The summed E-state index contributed by atoms with van der Waals surface area (Å²) in [7, 11) is 0. The molecule has 0 saturated carbocycles. The second kappa shape index (κ2) is 70.5. The van der Waals surface area contributed by atoms with Crippen molar-refractivity contribution in [3.05, 3.63) is 13.8 Å². The fourth-order valence-electron chi connectivity index (χ4n) is 0. The van der Waals surface area contributed by atoms with Crippen LogP contribution >= 0.6 is 0 Å². The summed E-state index contributed by atoms with van der Waals surface area (Å²) in [6, 6.07) is 0. The first kappa shape index (κ1) is 35.9. The molecule has 0 fully saturated rings. The van der Waals surface area contributed by atoms with Gasteiger partial charge in [0.1, 0.15) is 0 Å². The van der Waals surface area contributed by atoms with E-state index in [4.69, 9.17) is 0 Å². The van der Waals surface area contributed by atoms with Gasteiger partial charge < -0.3 is 13.8 Å². The summed E-state index contributed by atoms with van der Waals surface area (Å²) in [5, 5.41) is 0. The molecule has 0 N–H and O–H groups in total. The van der Waals surface area contributed by atoms with Crippen LogP contribution in [0.25, 0.3) is 0 Å². The molecule has 0 aromatic rings.